The maximum Gasteiger partial charge on any atom is 0.240 e. The molecule has 0 atom stereocenters. The number of hydrogen-bond acceptors (Lipinski definition) is 8. The van der Waals surface area contributed by atoms with E-state index < -0.39 is 30.0 Å². The lowest BCUT2D eigenvalue weighted by Gasteiger charge is -2.19. The number of nitrogens with one attached hydrogen (secondary N) is 2. The summed E-state index contributed by atoms with van der Waals surface area (Å²) in [6, 6.07) is 8.20. The van der Waals surface area contributed by atoms with Crippen LogP contribution in [0.5, 0.6) is 0 Å². The topological polar surface area (TPSA) is 177 Å². The van der Waals surface area contributed by atoms with Crippen LogP contribution in [0, 0.1) is 6.92 Å². The van der Waals surface area contributed by atoms with Gasteiger partial charge in [-0.1, -0.05) is 26.0 Å². The number of rotatable bonds is 7. The monoisotopic (exact) mass is 489 g/mol. The molecule has 0 aliphatic rings. The summed E-state index contributed by atoms with van der Waals surface area (Å²) in [5.74, 6) is -0.0837. The quantitative estimate of drug-likeness (QED) is 0.354. The van der Waals surface area contributed by atoms with Crippen molar-refractivity contribution in [1.82, 2.24) is 30.8 Å². The van der Waals surface area contributed by atoms with E-state index in [9.17, 15) is 16.8 Å². The highest BCUT2D eigenvalue weighted by atomic mass is 32.2. The zero-order valence-electron chi connectivity index (χ0n) is 18.2. The summed E-state index contributed by atoms with van der Waals surface area (Å²) in [4.78, 5) is -0.917. The van der Waals surface area contributed by atoms with Gasteiger partial charge in [-0.3, -0.25) is 5.10 Å². The Labute approximate surface area is 190 Å². The SMILES string of the molecule is CCC(CC)S(=O)(=O)c1ccc(-c2ccc3n[nH]c(C)c3c2)c(-c2nn[nH]n2)c1S(N)(=O)=O. The van der Waals surface area contributed by atoms with Crippen molar-refractivity contribution in [2.24, 2.45) is 5.14 Å². The molecule has 0 amide bonds. The predicted molar refractivity (Wildman–Crippen MR) is 122 cm³/mol. The molecule has 0 fully saturated rings. The molecule has 174 valence electrons. The molecule has 0 unspecified atom stereocenters. The molecule has 0 bridgehead atoms. The van der Waals surface area contributed by atoms with E-state index >= 15 is 0 Å². The number of H-pyrrole nitrogens is 2. The number of primary sulfonamides is 1. The van der Waals surface area contributed by atoms with E-state index in [-0.39, 0.29) is 16.3 Å². The number of nitrogens with two attached hydrogens (primary N) is 1. The van der Waals surface area contributed by atoms with Gasteiger partial charge >= 0.3 is 0 Å². The van der Waals surface area contributed by atoms with E-state index in [4.69, 9.17) is 5.14 Å². The maximum absolute atomic E-state index is 13.4. The first-order valence-corrected chi connectivity index (χ1v) is 13.3. The Hall–Kier alpha value is -3.16. The van der Waals surface area contributed by atoms with Crippen molar-refractivity contribution in [3.63, 3.8) is 0 Å². The minimum Gasteiger partial charge on any atom is -0.282 e. The molecule has 0 radical (unpaired) electrons. The Kier molecular flexibility index (Phi) is 5.80. The van der Waals surface area contributed by atoms with Crippen molar-refractivity contribution >= 4 is 30.8 Å². The Morgan fingerprint density at radius 3 is 2.36 bits per heavy atom. The molecule has 11 nitrogen and oxygen atoms in total. The van der Waals surface area contributed by atoms with Crippen molar-refractivity contribution < 1.29 is 16.8 Å². The molecule has 0 saturated carbocycles. The minimum absolute atomic E-state index is 0.0289. The number of tetrazole rings is 1. The second-order valence-corrected chi connectivity index (χ2v) is 11.4. The standard InChI is InChI=1S/C20H23N7O4S2/c1-4-13(5-2)32(28,29)17-9-7-14(12-6-8-16-15(10-12)11(3)22-23-16)18(19(17)33(21,30)31)20-24-26-27-25-20/h6-10,13H,4-5H2,1-3H3,(H,22,23)(H2,21,30,31)(H,24,25,26,27). The number of hydrogen-bond donors (Lipinski definition) is 3. The molecule has 0 aliphatic heterocycles. The van der Waals surface area contributed by atoms with E-state index in [1.165, 1.54) is 6.07 Å². The first kappa shape index (κ1) is 23.0. The molecular formula is C20H23N7O4S2. The molecule has 2 aromatic heterocycles. The van der Waals surface area contributed by atoms with E-state index in [2.05, 4.69) is 30.8 Å². The molecular weight excluding hydrogens is 466 g/mol. The second-order valence-electron chi connectivity index (χ2n) is 7.66. The fourth-order valence-electron chi connectivity index (χ4n) is 4.01. The van der Waals surface area contributed by atoms with Crippen molar-refractivity contribution in [1.29, 1.82) is 0 Å². The summed E-state index contributed by atoms with van der Waals surface area (Å²) in [6.07, 6.45) is 0.636. The number of aromatic nitrogens is 6. The van der Waals surface area contributed by atoms with E-state index in [1.807, 2.05) is 13.0 Å². The minimum atomic E-state index is -4.51. The smallest absolute Gasteiger partial charge is 0.240 e. The summed E-state index contributed by atoms with van der Waals surface area (Å²) in [5, 5.41) is 26.5. The first-order valence-electron chi connectivity index (χ1n) is 10.2. The Morgan fingerprint density at radius 2 is 1.76 bits per heavy atom. The normalized spacial score (nSPS) is 12.6. The molecule has 0 aliphatic carbocycles. The third kappa shape index (κ3) is 3.92. The third-order valence-electron chi connectivity index (χ3n) is 5.69. The molecule has 4 N–H and O–H groups in total. The number of fused-ring (bicyclic) bond motifs is 1. The van der Waals surface area contributed by atoms with Gasteiger partial charge in [0, 0.05) is 11.1 Å². The first-order chi connectivity index (χ1) is 15.6. The van der Waals surface area contributed by atoms with Crippen LogP contribution in [0.15, 0.2) is 40.1 Å². The van der Waals surface area contributed by atoms with Gasteiger partial charge in [0.05, 0.1) is 21.2 Å². The van der Waals surface area contributed by atoms with Crippen LogP contribution >= 0.6 is 0 Å². The molecule has 13 heteroatoms. The number of sulfonamides is 1. The van der Waals surface area contributed by atoms with Crippen LogP contribution in [0.25, 0.3) is 33.4 Å². The highest BCUT2D eigenvalue weighted by Gasteiger charge is 2.35. The van der Waals surface area contributed by atoms with Gasteiger partial charge in [0.25, 0.3) is 0 Å². The zero-order chi connectivity index (χ0) is 24.0. The number of sulfone groups is 1. The number of aromatic amines is 2. The van der Waals surface area contributed by atoms with Crippen LogP contribution in [0.1, 0.15) is 32.4 Å². The molecule has 2 heterocycles. The van der Waals surface area contributed by atoms with Crippen LogP contribution in [0.4, 0.5) is 0 Å². The molecule has 4 rings (SSSR count). The number of benzene rings is 2. The largest absolute Gasteiger partial charge is 0.282 e. The van der Waals surface area contributed by atoms with Gasteiger partial charge in [-0.25, -0.2) is 22.0 Å². The maximum atomic E-state index is 13.4. The fraction of sp³-hybridized carbons (Fsp3) is 0.300. The Balaban J connectivity index is 2.13. The van der Waals surface area contributed by atoms with E-state index in [0.717, 1.165) is 16.6 Å². The van der Waals surface area contributed by atoms with Crippen LogP contribution < -0.4 is 5.14 Å². The summed E-state index contributed by atoms with van der Waals surface area (Å²) in [5.41, 5.74) is 2.54. The van der Waals surface area contributed by atoms with Gasteiger partial charge < -0.3 is 0 Å². The summed E-state index contributed by atoms with van der Waals surface area (Å²) >= 11 is 0. The van der Waals surface area contributed by atoms with Gasteiger partial charge in [0.15, 0.2) is 9.84 Å². The summed E-state index contributed by atoms with van der Waals surface area (Å²) in [7, 11) is -8.53. The van der Waals surface area contributed by atoms with Crippen LogP contribution in [0.2, 0.25) is 0 Å². The average Bonchev–Trinajstić information content (AvgIpc) is 3.43. The number of nitrogens with zero attached hydrogens (tertiary/aromatic N) is 4. The van der Waals surface area contributed by atoms with Crippen molar-refractivity contribution in [2.45, 2.75) is 48.7 Å². The van der Waals surface area contributed by atoms with Gasteiger partial charge in [-0.15, -0.1) is 10.2 Å². The molecule has 0 saturated heterocycles. The van der Waals surface area contributed by atoms with Crippen LogP contribution in [0.3, 0.4) is 0 Å². The lowest BCUT2D eigenvalue weighted by Crippen LogP contribution is -2.25. The lowest BCUT2D eigenvalue weighted by molar-refractivity contribution is 0.565. The van der Waals surface area contributed by atoms with Crippen LogP contribution in [-0.4, -0.2) is 52.9 Å². The molecule has 4 aromatic rings. The van der Waals surface area contributed by atoms with Gasteiger partial charge in [0.2, 0.25) is 15.8 Å². The van der Waals surface area contributed by atoms with E-state index in [1.54, 1.807) is 32.0 Å². The highest BCUT2D eigenvalue weighted by molar-refractivity contribution is 7.94. The third-order valence-corrected chi connectivity index (χ3v) is 9.31. The van der Waals surface area contributed by atoms with Gasteiger partial charge in [-0.2, -0.15) is 10.3 Å². The molecule has 2 aromatic carbocycles. The van der Waals surface area contributed by atoms with Gasteiger partial charge in [-0.05, 0) is 54.3 Å². The summed E-state index contributed by atoms with van der Waals surface area (Å²) < 4.78 is 52.5. The van der Waals surface area contributed by atoms with Gasteiger partial charge in [0.1, 0.15) is 4.90 Å². The van der Waals surface area contributed by atoms with E-state index in [0.29, 0.717) is 24.0 Å². The Bertz CT molecular complexity index is 1540. The van der Waals surface area contributed by atoms with Crippen LogP contribution in [-0.2, 0) is 19.9 Å². The van der Waals surface area contributed by atoms with Crippen molar-refractivity contribution in [3.8, 4) is 22.5 Å². The lowest BCUT2D eigenvalue weighted by atomic mass is 9.97. The molecule has 0 spiro atoms. The second kappa shape index (κ2) is 8.32. The predicted octanol–water partition coefficient (Wildman–Crippen LogP) is 2.33. The zero-order valence-corrected chi connectivity index (χ0v) is 19.8. The molecule has 33 heavy (non-hydrogen) atoms. The fourth-order valence-corrected chi connectivity index (χ4v) is 7.40. The van der Waals surface area contributed by atoms with Crippen molar-refractivity contribution in [2.75, 3.05) is 0 Å². The Morgan fingerprint density at radius 1 is 1.03 bits per heavy atom. The number of aryl methyl sites for hydroxylation is 1. The summed E-state index contributed by atoms with van der Waals surface area (Å²) in [6.45, 7) is 5.33. The average molecular weight is 490 g/mol. The van der Waals surface area contributed by atoms with Crippen molar-refractivity contribution in [3.05, 3.63) is 36.0 Å². The highest BCUT2D eigenvalue weighted by Crippen LogP contribution is 2.40.